The smallest absolute Gasteiger partial charge is 0.345 e. The lowest BCUT2D eigenvalue weighted by Gasteiger charge is -2.31. The van der Waals surface area contributed by atoms with Crippen molar-refractivity contribution in [3.8, 4) is 0 Å². The number of nitrogens with zero attached hydrogens (tertiary/aromatic N) is 1. The molecule has 0 saturated carbocycles. The first-order valence-corrected chi connectivity index (χ1v) is 8.57. The zero-order valence-corrected chi connectivity index (χ0v) is 13.0. The summed E-state index contributed by atoms with van der Waals surface area (Å²) in [6.07, 6.45) is 0.645. The monoisotopic (exact) mass is 319 g/mol. The molecule has 2 rings (SSSR count). The van der Waals surface area contributed by atoms with Gasteiger partial charge >= 0.3 is 5.97 Å². The fraction of sp³-hybridized carbons (Fsp3) is 0.583. The van der Waals surface area contributed by atoms with Crippen molar-refractivity contribution in [1.82, 2.24) is 4.31 Å². The van der Waals surface area contributed by atoms with Crippen molar-refractivity contribution >= 4 is 27.3 Å². The van der Waals surface area contributed by atoms with E-state index in [1.165, 1.54) is 10.4 Å². The van der Waals surface area contributed by atoms with E-state index in [0.717, 1.165) is 17.8 Å². The Morgan fingerprint density at radius 3 is 2.85 bits per heavy atom. The molecule has 1 unspecified atom stereocenters. The molecular weight excluding hydrogens is 302 g/mol. The first kappa shape index (κ1) is 15.4. The average Bonchev–Trinajstić information content (AvgIpc) is 2.82. The van der Waals surface area contributed by atoms with Crippen molar-refractivity contribution < 1.29 is 23.1 Å². The quantitative estimate of drug-likeness (QED) is 0.910. The van der Waals surface area contributed by atoms with Crippen molar-refractivity contribution in [2.24, 2.45) is 0 Å². The van der Waals surface area contributed by atoms with Crippen LogP contribution in [-0.2, 0) is 14.8 Å². The summed E-state index contributed by atoms with van der Waals surface area (Å²) in [6, 6.07) is 1.24. The second kappa shape index (κ2) is 5.80. The van der Waals surface area contributed by atoms with E-state index < -0.39 is 16.0 Å². The maximum absolute atomic E-state index is 12.6. The summed E-state index contributed by atoms with van der Waals surface area (Å²) in [5, 5.41) is 8.96. The Morgan fingerprint density at radius 1 is 1.60 bits per heavy atom. The highest BCUT2D eigenvalue weighted by Gasteiger charge is 2.32. The third kappa shape index (κ3) is 2.88. The van der Waals surface area contributed by atoms with Crippen LogP contribution in [-0.4, -0.2) is 49.6 Å². The SMILES string of the molecule is CCC1CN(S(=O)(=O)c2cc(C(=O)O)sc2C)CCO1. The minimum absolute atomic E-state index is 0.0429. The summed E-state index contributed by atoms with van der Waals surface area (Å²) in [5.74, 6) is -1.10. The molecule has 0 bridgehead atoms. The molecule has 0 aliphatic carbocycles. The van der Waals surface area contributed by atoms with E-state index in [1.54, 1.807) is 6.92 Å². The first-order valence-electron chi connectivity index (χ1n) is 6.31. The molecule has 20 heavy (non-hydrogen) atoms. The molecular formula is C12H17NO5S2. The van der Waals surface area contributed by atoms with Crippen LogP contribution < -0.4 is 0 Å². The number of rotatable bonds is 4. The van der Waals surface area contributed by atoms with Gasteiger partial charge in [-0.25, -0.2) is 13.2 Å². The van der Waals surface area contributed by atoms with Gasteiger partial charge in [0.2, 0.25) is 10.0 Å². The van der Waals surface area contributed by atoms with Gasteiger partial charge in [0.1, 0.15) is 4.88 Å². The van der Waals surface area contributed by atoms with Gasteiger partial charge in [0, 0.05) is 18.0 Å². The number of carboxylic acids is 1. The van der Waals surface area contributed by atoms with Crippen LogP contribution in [0.5, 0.6) is 0 Å². The standard InChI is InChI=1S/C12H17NO5S2/c1-3-9-7-13(4-5-18-9)20(16,17)11-6-10(12(14)15)19-8(11)2/h6,9H,3-5,7H2,1-2H3,(H,14,15). The van der Waals surface area contributed by atoms with E-state index in [-0.39, 0.29) is 15.9 Å². The summed E-state index contributed by atoms with van der Waals surface area (Å²) in [6.45, 7) is 4.56. The zero-order valence-electron chi connectivity index (χ0n) is 11.3. The molecule has 1 fully saturated rings. The molecule has 0 amide bonds. The number of morpholine rings is 1. The molecule has 0 radical (unpaired) electrons. The van der Waals surface area contributed by atoms with E-state index >= 15 is 0 Å². The molecule has 1 aromatic heterocycles. The van der Waals surface area contributed by atoms with Gasteiger partial charge in [-0.15, -0.1) is 11.3 Å². The number of ether oxygens (including phenoxy) is 1. The maximum Gasteiger partial charge on any atom is 0.345 e. The van der Waals surface area contributed by atoms with Gasteiger partial charge in [0.15, 0.2) is 0 Å². The molecule has 2 heterocycles. The molecule has 0 aromatic carbocycles. The summed E-state index contributed by atoms with van der Waals surface area (Å²) >= 11 is 0.983. The highest BCUT2D eigenvalue weighted by molar-refractivity contribution is 7.89. The number of hydrogen-bond donors (Lipinski definition) is 1. The number of hydrogen-bond acceptors (Lipinski definition) is 5. The van der Waals surface area contributed by atoms with E-state index in [9.17, 15) is 13.2 Å². The van der Waals surface area contributed by atoms with Crippen LogP contribution in [0.25, 0.3) is 0 Å². The third-order valence-electron chi connectivity index (χ3n) is 3.26. The Bertz CT molecular complexity index is 607. The van der Waals surface area contributed by atoms with Gasteiger partial charge in [-0.3, -0.25) is 0 Å². The molecule has 0 spiro atoms. The molecule has 1 aliphatic rings. The summed E-state index contributed by atoms with van der Waals surface area (Å²) < 4.78 is 32.0. The Balaban J connectivity index is 2.32. The Kier molecular flexibility index (Phi) is 4.48. The Labute approximate surface area is 122 Å². The lowest BCUT2D eigenvalue weighted by atomic mass is 10.2. The van der Waals surface area contributed by atoms with Crippen LogP contribution in [0.3, 0.4) is 0 Å². The van der Waals surface area contributed by atoms with Crippen molar-refractivity contribution in [3.63, 3.8) is 0 Å². The minimum Gasteiger partial charge on any atom is -0.477 e. The highest BCUT2D eigenvalue weighted by Crippen LogP contribution is 2.29. The van der Waals surface area contributed by atoms with Crippen molar-refractivity contribution in [1.29, 1.82) is 0 Å². The zero-order chi connectivity index (χ0) is 14.9. The molecule has 8 heteroatoms. The predicted molar refractivity (Wildman–Crippen MR) is 74.8 cm³/mol. The summed E-state index contributed by atoms with van der Waals surface area (Å²) in [7, 11) is -3.65. The fourth-order valence-corrected chi connectivity index (χ4v) is 4.98. The largest absolute Gasteiger partial charge is 0.477 e. The molecule has 1 aliphatic heterocycles. The van der Waals surface area contributed by atoms with Gasteiger partial charge in [-0.05, 0) is 19.4 Å². The molecule has 1 N–H and O–H groups in total. The predicted octanol–water partition coefficient (Wildman–Crippen LogP) is 1.55. The first-order chi connectivity index (χ1) is 9.36. The van der Waals surface area contributed by atoms with Gasteiger partial charge < -0.3 is 9.84 Å². The van der Waals surface area contributed by atoms with Gasteiger partial charge in [-0.1, -0.05) is 6.92 Å². The molecule has 6 nitrogen and oxygen atoms in total. The second-order valence-corrected chi connectivity index (χ2v) is 7.76. The van der Waals surface area contributed by atoms with Crippen LogP contribution in [0.2, 0.25) is 0 Å². The number of aryl methyl sites for hydroxylation is 1. The number of aromatic carboxylic acids is 1. The van der Waals surface area contributed by atoms with Crippen molar-refractivity contribution in [2.75, 3.05) is 19.7 Å². The normalized spacial score (nSPS) is 21.0. The van der Waals surface area contributed by atoms with E-state index in [1.807, 2.05) is 6.92 Å². The van der Waals surface area contributed by atoms with E-state index in [4.69, 9.17) is 9.84 Å². The van der Waals surface area contributed by atoms with Crippen LogP contribution in [0.4, 0.5) is 0 Å². The molecule has 1 atom stereocenters. The topological polar surface area (TPSA) is 83.9 Å². The number of thiophene rings is 1. The van der Waals surface area contributed by atoms with Crippen LogP contribution in [0.1, 0.15) is 27.9 Å². The van der Waals surface area contributed by atoms with Crippen LogP contribution in [0.15, 0.2) is 11.0 Å². The van der Waals surface area contributed by atoms with Gasteiger partial charge in [0.05, 0.1) is 17.6 Å². The maximum atomic E-state index is 12.6. The van der Waals surface area contributed by atoms with Gasteiger partial charge in [0.25, 0.3) is 0 Å². The Morgan fingerprint density at radius 2 is 2.30 bits per heavy atom. The highest BCUT2D eigenvalue weighted by atomic mass is 32.2. The van der Waals surface area contributed by atoms with Gasteiger partial charge in [-0.2, -0.15) is 4.31 Å². The molecule has 1 aromatic rings. The summed E-state index contributed by atoms with van der Waals surface area (Å²) in [5.41, 5.74) is 0. The Hall–Kier alpha value is -0.960. The summed E-state index contributed by atoms with van der Waals surface area (Å²) in [4.78, 5) is 11.6. The average molecular weight is 319 g/mol. The van der Waals surface area contributed by atoms with E-state index in [2.05, 4.69) is 0 Å². The van der Waals surface area contributed by atoms with Crippen molar-refractivity contribution in [3.05, 3.63) is 15.8 Å². The van der Waals surface area contributed by atoms with Crippen LogP contribution >= 0.6 is 11.3 Å². The number of sulfonamides is 1. The fourth-order valence-electron chi connectivity index (χ4n) is 2.12. The van der Waals surface area contributed by atoms with Crippen LogP contribution in [0, 0.1) is 6.92 Å². The third-order valence-corrected chi connectivity index (χ3v) is 6.42. The molecule has 112 valence electrons. The van der Waals surface area contributed by atoms with Crippen molar-refractivity contribution in [2.45, 2.75) is 31.3 Å². The lowest BCUT2D eigenvalue weighted by Crippen LogP contribution is -2.45. The second-order valence-electron chi connectivity index (χ2n) is 4.60. The number of carbonyl (C=O) groups is 1. The molecule has 1 saturated heterocycles. The number of carboxylic acid groups (broad SMARTS) is 1. The van der Waals surface area contributed by atoms with E-state index in [0.29, 0.717) is 24.6 Å². The lowest BCUT2D eigenvalue weighted by molar-refractivity contribution is -0.00278. The minimum atomic E-state index is -3.65.